The van der Waals surface area contributed by atoms with E-state index in [1.807, 2.05) is 0 Å². The van der Waals surface area contributed by atoms with Crippen molar-refractivity contribution in [1.82, 2.24) is 4.31 Å². The van der Waals surface area contributed by atoms with E-state index in [1.165, 1.54) is 4.90 Å². The third-order valence-corrected chi connectivity index (χ3v) is 7.64. The van der Waals surface area contributed by atoms with Gasteiger partial charge in [0.2, 0.25) is 15.9 Å². The summed E-state index contributed by atoms with van der Waals surface area (Å²) in [6, 6.07) is 9.54. The first-order chi connectivity index (χ1) is 15.9. The van der Waals surface area contributed by atoms with Crippen LogP contribution in [0.5, 0.6) is 0 Å². The van der Waals surface area contributed by atoms with Gasteiger partial charge in [0, 0.05) is 13.1 Å². The van der Waals surface area contributed by atoms with Crippen LogP contribution < -0.4 is 10.2 Å². The maximum Gasteiger partial charge on any atom is 0.338 e. The van der Waals surface area contributed by atoms with Gasteiger partial charge in [0.25, 0.3) is 5.91 Å². The topological polar surface area (TPSA) is 113 Å². The summed E-state index contributed by atoms with van der Waals surface area (Å²) < 4.78 is 45.9. The van der Waals surface area contributed by atoms with Crippen LogP contribution in [0.1, 0.15) is 38.1 Å². The quantitative estimate of drug-likeness (QED) is 0.596. The number of fused-ring (bicyclic) bond motifs is 1. The molecule has 0 aromatic heterocycles. The molecular formula is C23H26FN3O6S. The summed E-state index contributed by atoms with van der Waals surface area (Å²) in [6.45, 7) is 5.89. The second kappa shape index (κ2) is 9.51. The van der Waals surface area contributed by atoms with Crippen LogP contribution in [0.3, 0.4) is 0 Å². The van der Waals surface area contributed by atoms with Gasteiger partial charge >= 0.3 is 5.97 Å². The predicted octanol–water partition coefficient (Wildman–Crippen LogP) is 2.78. The molecule has 2 amide bonds. The minimum atomic E-state index is -4.16. The van der Waals surface area contributed by atoms with Crippen molar-refractivity contribution in [2.24, 2.45) is 0 Å². The normalized spacial score (nSPS) is 15.0. The SMILES string of the molecule is CCN(CC)S(=O)(=O)c1cc(C(=O)OCC(=O)N2c3ccccc3NC(=O)C2(C)C)ccc1F. The van der Waals surface area contributed by atoms with E-state index in [9.17, 15) is 27.2 Å². The van der Waals surface area contributed by atoms with Crippen LogP contribution in [0.25, 0.3) is 0 Å². The number of nitrogens with zero attached hydrogens (tertiary/aromatic N) is 2. The van der Waals surface area contributed by atoms with Crippen LogP contribution in [-0.2, 0) is 24.3 Å². The standard InChI is InChI=1S/C23H26FN3O6S/c1-5-26(6-2)34(31,32)19-13-15(11-12-16(19)24)21(29)33-14-20(28)27-18-10-8-7-9-17(18)25-22(30)23(27,3)4/h7-13H,5-6,14H2,1-4H3,(H,25,30). The van der Waals surface area contributed by atoms with Gasteiger partial charge < -0.3 is 10.1 Å². The lowest BCUT2D eigenvalue weighted by molar-refractivity contribution is -0.128. The number of ether oxygens (including phenoxy) is 1. The first-order valence-electron chi connectivity index (χ1n) is 10.7. The summed E-state index contributed by atoms with van der Waals surface area (Å²) in [5.74, 6) is -3.07. The monoisotopic (exact) mass is 491 g/mol. The van der Waals surface area contributed by atoms with E-state index < -0.39 is 50.7 Å². The van der Waals surface area contributed by atoms with E-state index in [1.54, 1.807) is 52.0 Å². The Morgan fingerprint density at radius 3 is 2.41 bits per heavy atom. The summed E-state index contributed by atoms with van der Waals surface area (Å²) in [4.78, 5) is 38.7. The van der Waals surface area contributed by atoms with Gasteiger partial charge in [-0.15, -0.1) is 0 Å². The molecule has 0 fully saturated rings. The Morgan fingerprint density at radius 1 is 1.12 bits per heavy atom. The Balaban J connectivity index is 1.83. The smallest absolute Gasteiger partial charge is 0.338 e. The molecule has 2 aromatic carbocycles. The molecule has 2 aromatic rings. The number of para-hydroxylation sites is 2. The van der Waals surface area contributed by atoms with E-state index in [0.717, 1.165) is 22.5 Å². The van der Waals surface area contributed by atoms with Gasteiger partial charge in [-0.2, -0.15) is 4.31 Å². The van der Waals surface area contributed by atoms with Gasteiger partial charge in [-0.1, -0.05) is 26.0 Å². The zero-order chi connectivity index (χ0) is 25.3. The van der Waals surface area contributed by atoms with Crippen LogP contribution in [0.2, 0.25) is 0 Å². The van der Waals surface area contributed by atoms with E-state index in [2.05, 4.69) is 5.32 Å². The molecule has 1 aliphatic heterocycles. The first kappa shape index (κ1) is 25.3. The third-order valence-electron chi connectivity index (χ3n) is 5.57. The molecular weight excluding hydrogens is 465 g/mol. The molecule has 0 atom stereocenters. The number of amides is 2. The molecule has 1 N–H and O–H groups in total. The second-order valence-electron chi connectivity index (χ2n) is 8.07. The Kier molecular flexibility index (Phi) is 7.08. The van der Waals surface area contributed by atoms with E-state index in [4.69, 9.17) is 4.74 Å². The summed E-state index contributed by atoms with van der Waals surface area (Å²) in [5.41, 5.74) is -0.589. The number of rotatable bonds is 7. The summed E-state index contributed by atoms with van der Waals surface area (Å²) in [5, 5.41) is 2.73. The zero-order valence-corrected chi connectivity index (χ0v) is 20.1. The number of benzene rings is 2. The molecule has 11 heteroatoms. The Hall–Kier alpha value is -3.31. The Morgan fingerprint density at radius 2 is 1.76 bits per heavy atom. The summed E-state index contributed by atoms with van der Waals surface area (Å²) >= 11 is 0. The van der Waals surface area contributed by atoms with Gasteiger partial charge in [-0.3, -0.25) is 14.5 Å². The number of sulfonamides is 1. The highest BCUT2D eigenvalue weighted by molar-refractivity contribution is 7.89. The summed E-state index contributed by atoms with van der Waals surface area (Å²) in [7, 11) is -4.16. The number of carbonyl (C=O) groups is 3. The van der Waals surface area contributed by atoms with Crippen molar-refractivity contribution in [2.75, 3.05) is 29.9 Å². The van der Waals surface area contributed by atoms with Crippen LogP contribution in [0.15, 0.2) is 47.4 Å². The van der Waals surface area contributed by atoms with E-state index >= 15 is 0 Å². The highest BCUT2D eigenvalue weighted by atomic mass is 32.2. The van der Waals surface area contributed by atoms with Gasteiger partial charge in [0.05, 0.1) is 16.9 Å². The molecule has 3 rings (SSSR count). The van der Waals surface area contributed by atoms with E-state index in [-0.39, 0.29) is 18.7 Å². The Labute approximate surface area is 197 Å². The minimum Gasteiger partial charge on any atom is -0.452 e. The number of hydrogen-bond acceptors (Lipinski definition) is 6. The Bertz CT molecular complexity index is 1240. The predicted molar refractivity (Wildman–Crippen MR) is 123 cm³/mol. The maximum absolute atomic E-state index is 14.3. The second-order valence-corrected chi connectivity index (χ2v) is 9.98. The number of anilines is 2. The lowest BCUT2D eigenvalue weighted by Gasteiger charge is -2.41. The molecule has 1 heterocycles. The van der Waals surface area contributed by atoms with Crippen molar-refractivity contribution in [1.29, 1.82) is 0 Å². The number of carbonyl (C=O) groups excluding carboxylic acids is 3. The van der Waals surface area contributed by atoms with E-state index in [0.29, 0.717) is 11.4 Å². The van der Waals surface area contributed by atoms with Crippen molar-refractivity contribution >= 4 is 39.2 Å². The van der Waals surface area contributed by atoms with Gasteiger partial charge in [0.1, 0.15) is 16.3 Å². The van der Waals surface area contributed by atoms with Crippen molar-refractivity contribution in [3.05, 3.63) is 53.8 Å². The number of esters is 1. The number of nitrogens with one attached hydrogen (secondary N) is 1. The molecule has 0 aliphatic carbocycles. The van der Waals surface area contributed by atoms with Crippen molar-refractivity contribution in [3.8, 4) is 0 Å². The molecule has 34 heavy (non-hydrogen) atoms. The van der Waals surface area contributed by atoms with Crippen LogP contribution >= 0.6 is 0 Å². The summed E-state index contributed by atoms with van der Waals surface area (Å²) in [6.07, 6.45) is 0. The first-order valence-corrected chi connectivity index (χ1v) is 12.1. The fourth-order valence-electron chi connectivity index (χ4n) is 3.70. The largest absolute Gasteiger partial charge is 0.452 e. The third kappa shape index (κ3) is 4.53. The van der Waals surface area contributed by atoms with Crippen molar-refractivity contribution < 1.29 is 31.9 Å². The molecule has 0 unspecified atom stereocenters. The van der Waals surface area contributed by atoms with Crippen LogP contribution in [0.4, 0.5) is 15.8 Å². The molecule has 9 nitrogen and oxygen atoms in total. The number of halogens is 1. The van der Waals surface area contributed by atoms with Gasteiger partial charge in [-0.05, 0) is 44.2 Å². The van der Waals surface area contributed by atoms with Crippen LogP contribution in [-0.4, -0.2) is 55.7 Å². The molecule has 0 spiro atoms. The lowest BCUT2D eigenvalue weighted by atomic mass is 9.96. The fraction of sp³-hybridized carbons (Fsp3) is 0.348. The van der Waals surface area contributed by atoms with Crippen molar-refractivity contribution in [3.63, 3.8) is 0 Å². The lowest BCUT2D eigenvalue weighted by Crippen LogP contribution is -2.59. The van der Waals surface area contributed by atoms with Crippen molar-refractivity contribution in [2.45, 2.75) is 38.1 Å². The molecule has 0 saturated carbocycles. The highest BCUT2D eigenvalue weighted by Gasteiger charge is 2.43. The highest BCUT2D eigenvalue weighted by Crippen LogP contribution is 2.36. The fourth-order valence-corrected chi connectivity index (χ4v) is 5.25. The number of hydrogen-bond donors (Lipinski definition) is 1. The van der Waals surface area contributed by atoms with Gasteiger partial charge in [0.15, 0.2) is 6.61 Å². The average Bonchev–Trinajstić information content (AvgIpc) is 2.78. The molecule has 0 bridgehead atoms. The van der Waals surface area contributed by atoms with Gasteiger partial charge in [-0.25, -0.2) is 17.6 Å². The average molecular weight is 492 g/mol. The molecule has 182 valence electrons. The molecule has 0 saturated heterocycles. The van der Waals surface area contributed by atoms with Crippen LogP contribution in [0, 0.1) is 5.82 Å². The minimum absolute atomic E-state index is 0.127. The maximum atomic E-state index is 14.3. The molecule has 0 radical (unpaired) electrons. The zero-order valence-electron chi connectivity index (χ0n) is 19.3. The molecule has 1 aliphatic rings.